The lowest BCUT2D eigenvalue weighted by Crippen LogP contribution is -2.17. The number of hydrogen-bond acceptors (Lipinski definition) is 3. The molecule has 0 aliphatic rings. The zero-order chi connectivity index (χ0) is 13.0. The highest BCUT2D eigenvalue weighted by Crippen LogP contribution is 2.24. The van der Waals surface area contributed by atoms with E-state index in [-0.39, 0.29) is 0 Å². The zero-order valence-electron chi connectivity index (χ0n) is 10.5. The first-order valence-corrected chi connectivity index (χ1v) is 6.51. The van der Waals surface area contributed by atoms with Crippen LogP contribution in [0.4, 0.5) is 0 Å². The number of halogens is 1. The van der Waals surface area contributed by atoms with Gasteiger partial charge in [-0.2, -0.15) is 0 Å². The molecule has 0 aliphatic heterocycles. The van der Waals surface area contributed by atoms with Crippen molar-refractivity contribution in [2.45, 2.75) is 13.1 Å². The molecular formula is C14H16BrNO2. The maximum absolute atomic E-state index is 5.37. The van der Waals surface area contributed by atoms with Crippen LogP contribution in [0, 0.1) is 0 Å². The molecule has 2 aromatic rings. The summed E-state index contributed by atoms with van der Waals surface area (Å²) >= 11 is 3.48. The van der Waals surface area contributed by atoms with E-state index in [4.69, 9.17) is 9.15 Å². The summed E-state index contributed by atoms with van der Waals surface area (Å²) in [6, 6.07) is 9.92. The molecule has 96 valence electrons. The van der Waals surface area contributed by atoms with Crippen LogP contribution < -0.4 is 4.74 Å². The van der Waals surface area contributed by atoms with Gasteiger partial charge in [-0.25, -0.2) is 0 Å². The molecule has 0 radical (unpaired) electrons. The van der Waals surface area contributed by atoms with Gasteiger partial charge in [-0.05, 0) is 37.4 Å². The Bertz CT molecular complexity index is 497. The minimum atomic E-state index is 0.780. The molecule has 1 aromatic carbocycles. The summed E-state index contributed by atoms with van der Waals surface area (Å²) in [6.45, 7) is 1.59. The van der Waals surface area contributed by atoms with E-state index in [1.165, 1.54) is 0 Å². The molecule has 1 heterocycles. The van der Waals surface area contributed by atoms with Crippen molar-refractivity contribution in [3.63, 3.8) is 0 Å². The Labute approximate surface area is 115 Å². The molecule has 3 nitrogen and oxygen atoms in total. The monoisotopic (exact) mass is 309 g/mol. The van der Waals surface area contributed by atoms with Gasteiger partial charge in [-0.3, -0.25) is 4.90 Å². The van der Waals surface area contributed by atoms with Gasteiger partial charge in [-0.15, -0.1) is 0 Å². The van der Waals surface area contributed by atoms with E-state index in [0.717, 1.165) is 34.6 Å². The van der Waals surface area contributed by atoms with Crippen LogP contribution in [0.3, 0.4) is 0 Å². The standard InChI is InChI=1S/C14H16BrNO2/c1-16(10-13-4-3-7-18-13)9-11-8-12(15)5-6-14(11)17-2/h3-8H,9-10H2,1-2H3. The van der Waals surface area contributed by atoms with Gasteiger partial charge in [0.15, 0.2) is 0 Å². The predicted octanol–water partition coefficient (Wildman–Crippen LogP) is 3.68. The molecule has 0 fully saturated rings. The third-order valence-electron chi connectivity index (χ3n) is 2.69. The summed E-state index contributed by atoms with van der Waals surface area (Å²) in [5, 5.41) is 0. The summed E-state index contributed by atoms with van der Waals surface area (Å²) in [7, 11) is 3.75. The van der Waals surface area contributed by atoms with Gasteiger partial charge in [0.1, 0.15) is 11.5 Å². The first-order chi connectivity index (χ1) is 8.69. The van der Waals surface area contributed by atoms with E-state index in [0.29, 0.717) is 0 Å². The molecule has 0 spiro atoms. The van der Waals surface area contributed by atoms with Crippen LogP contribution in [0.15, 0.2) is 45.5 Å². The summed E-state index contributed by atoms with van der Waals surface area (Å²) in [4.78, 5) is 2.18. The fourth-order valence-corrected chi connectivity index (χ4v) is 2.29. The smallest absolute Gasteiger partial charge is 0.123 e. The summed E-state index contributed by atoms with van der Waals surface area (Å²) < 4.78 is 11.8. The molecular weight excluding hydrogens is 294 g/mol. The minimum absolute atomic E-state index is 0.780. The number of furan rings is 1. The molecule has 4 heteroatoms. The molecule has 0 amide bonds. The fourth-order valence-electron chi connectivity index (χ4n) is 1.89. The van der Waals surface area contributed by atoms with Crippen molar-refractivity contribution < 1.29 is 9.15 Å². The first kappa shape index (κ1) is 13.2. The highest BCUT2D eigenvalue weighted by molar-refractivity contribution is 9.10. The largest absolute Gasteiger partial charge is 0.496 e. The van der Waals surface area contributed by atoms with E-state index in [1.807, 2.05) is 24.3 Å². The maximum atomic E-state index is 5.37. The molecule has 18 heavy (non-hydrogen) atoms. The minimum Gasteiger partial charge on any atom is -0.496 e. The van der Waals surface area contributed by atoms with Gasteiger partial charge < -0.3 is 9.15 Å². The van der Waals surface area contributed by atoms with Crippen LogP contribution in [0.1, 0.15) is 11.3 Å². The molecule has 0 aliphatic carbocycles. The van der Waals surface area contributed by atoms with Crippen molar-refractivity contribution in [2.75, 3.05) is 14.2 Å². The van der Waals surface area contributed by atoms with Crippen molar-refractivity contribution in [1.82, 2.24) is 4.90 Å². The van der Waals surface area contributed by atoms with Gasteiger partial charge in [0.2, 0.25) is 0 Å². The average Bonchev–Trinajstić information content (AvgIpc) is 2.82. The Balaban J connectivity index is 2.06. The van der Waals surface area contributed by atoms with Crippen molar-refractivity contribution in [3.05, 3.63) is 52.4 Å². The quantitative estimate of drug-likeness (QED) is 0.842. The normalized spacial score (nSPS) is 10.9. The second-order valence-corrected chi connectivity index (χ2v) is 5.12. The molecule has 0 saturated heterocycles. The second-order valence-electron chi connectivity index (χ2n) is 4.21. The van der Waals surface area contributed by atoms with E-state index in [9.17, 15) is 0 Å². The van der Waals surface area contributed by atoms with E-state index in [2.05, 4.69) is 33.9 Å². The number of benzene rings is 1. The number of rotatable bonds is 5. The Morgan fingerprint density at radius 3 is 2.78 bits per heavy atom. The van der Waals surface area contributed by atoms with E-state index < -0.39 is 0 Å². The van der Waals surface area contributed by atoms with Crippen LogP contribution in [0.5, 0.6) is 5.75 Å². The highest BCUT2D eigenvalue weighted by Gasteiger charge is 2.08. The fraction of sp³-hybridized carbons (Fsp3) is 0.286. The molecule has 0 saturated carbocycles. The lowest BCUT2D eigenvalue weighted by atomic mass is 10.2. The lowest BCUT2D eigenvalue weighted by Gasteiger charge is -2.17. The molecule has 0 atom stereocenters. The van der Waals surface area contributed by atoms with Gasteiger partial charge >= 0.3 is 0 Å². The average molecular weight is 310 g/mol. The lowest BCUT2D eigenvalue weighted by molar-refractivity contribution is 0.282. The van der Waals surface area contributed by atoms with Crippen LogP contribution in [-0.4, -0.2) is 19.1 Å². The predicted molar refractivity (Wildman–Crippen MR) is 74.6 cm³/mol. The SMILES string of the molecule is COc1ccc(Br)cc1CN(C)Cc1ccco1. The first-order valence-electron chi connectivity index (χ1n) is 5.72. The summed E-state index contributed by atoms with van der Waals surface area (Å²) in [5.74, 6) is 1.87. The zero-order valence-corrected chi connectivity index (χ0v) is 12.1. The topological polar surface area (TPSA) is 25.6 Å². The Kier molecular flexibility index (Phi) is 4.44. The number of hydrogen-bond donors (Lipinski definition) is 0. The van der Waals surface area contributed by atoms with E-state index >= 15 is 0 Å². The summed E-state index contributed by atoms with van der Waals surface area (Å²) in [5.41, 5.74) is 1.15. The number of ether oxygens (including phenoxy) is 1. The van der Waals surface area contributed by atoms with Crippen molar-refractivity contribution >= 4 is 15.9 Å². The Hall–Kier alpha value is -1.26. The third-order valence-corrected chi connectivity index (χ3v) is 3.18. The highest BCUT2D eigenvalue weighted by atomic mass is 79.9. The van der Waals surface area contributed by atoms with Gasteiger partial charge in [0.05, 0.1) is 19.9 Å². The number of nitrogens with zero attached hydrogens (tertiary/aromatic N) is 1. The van der Waals surface area contributed by atoms with Gasteiger partial charge in [-0.1, -0.05) is 15.9 Å². The molecule has 2 rings (SSSR count). The molecule has 1 aromatic heterocycles. The van der Waals surface area contributed by atoms with Crippen LogP contribution in [0.2, 0.25) is 0 Å². The van der Waals surface area contributed by atoms with Gasteiger partial charge in [0.25, 0.3) is 0 Å². The van der Waals surface area contributed by atoms with Crippen LogP contribution in [-0.2, 0) is 13.1 Å². The third kappa shape index (κ3) is 3.37. The van der Waals surface area contributed by atoms with Gasteiger partial charge in [0, 0.05) is 16.6 Å². The molecule has 0 N–H and O–H groups in total. The van der Waals surface area contributed by atoms with Crippen molar-refractivity contribution in [1.29, 1.82) is 0 Å². The number of methoxy groups -OCH3 is 1. The van der Waals surface area contributed by atoms with Crippen molar-refractivity contribution in [2.24, 2.45) is 0 Å². The molecule has 0 unspecified atom stereocenters. The Morgan fingerprint density at radius 1 is 1.28 bits per heavy atom. The van der Waals surface area contributed by atoms with E-state index in [1.54, 1.807) is 13.4 Å². The Morgan fingerprint density at radius 2 is 2.11 bits per heavy atom. The summed E-state index contributed by atoms with van der Waals surface area (Å²) in [6.07, 6.45) is 1.70. The molecule has 0 bridgehead atoms. The second kappa shape index (κ2) is 6.07. The maximum Gasteiger partial charge on any atom is 0.123 e. The van der Waals surface area contributed by atoms with Crippen LogP contribution >= 0.6 is 15.9 Å². The van der Waals surface area contributed by atoms with Crippen LogP contribution in [0.25, 0.3) is 0 Å². The van der Waals surface area contributed by atoms with Crippen molar-refractivity contribution in [3.8, 4) is 5.75 Å².